The average molecular weight is 219 g/mol. The number of nitrogen functional groups attached to an aromatic ring is 1. The lowest BCUT2D eigenvalue weighted by Crippen LogP contribution is -2.01. The van der Waals surface area contributed by atoms with Crippen LogP contribution in [-0.2, 0) is 0 Å². The molecule has 3 nitrogen and oxygen atoms in total. The summed E-state index contributed by atoms with van der Waals surface area (Å²) in [6, 6.07) is 6.05. The molecule has 2 aromatic heterocycles. The molecule has 0 aliphatic rings. The molecule has 0 aliphatic carbocycles. The van der Waals surface area contributed by atoms with Crippen LogP contribution in [0.25, 0.3) is 10.6 Å². The molecule has 0 aliphatic heterocycles. The third-order valence-corrected chi connectivity index (χ3v) is 3.02. The average Bonchev–Trinajstić information content (AvgIpc) is 2.69. The summed E-state index contributed by atoms with van der Waals surface area (Å²) >= 11 is 1.66. The zero-order valence-corrected chi connectivity index (χ0v) is 9.58. The summed E-state index contributed by atoms with van der Waals surface area (Å²) in [5.74, 6) is 0.721. The lowest BCUT2D eigenvalue weighted by atomic mass is 10.1. The second kappa shape index (κ2) is 3.98. The number of thiophene rings is 1. The van der Waals surface area contributed by atoms with Crippen LogP contribution in [0, 0.1) is 0 Å². The number of anilines is 1. The van der Waals surface area contributed by atoms with Crippen molar-refractivity contribution in [2.45, 2.75) is 19.8 Å². The smallest absolute Gasteiger partial charge is 0.220 e. The summed E-state index contributed by atoms with van der Waals surface area (Å²) in [4.78, 5) is 9.58. The summed E-state index contributed by atoms with van der Waals surface area (Å²) in [5, 5.41) is 2.03. The first-order valence-corrected chi connectivity index (χ1v) is 5.73. The fourth-order valence-electron chi connectivity index (χ4n) is 1.33. The van der Waals surface area contributed by atoms with Crippen LogP contribution in [0.1, 0.15) is 25.5 Å². The molecule has 2 rings (SSSR count). The van der Waals surface area contributed by atoms with Crippen molar-refractivity contribution in [2.75, 3.05) is 5.73 Å². The van der Waals surface area contributed by atoms with Crippen molar-refractivity contribution in [2.24, 2.45) is 0 Å². The molecular formula is C11H13N3S. The standard InChI is InChI=1S/C11H13N3S/c1-7(2)8-6-9(14-11(12)13-8)10-4-3-5-15-10/h3-7H,1-2H3,(H2,12,13,14). The minimum Gasteiger partial charge on any atom is -0.368 e. The number of rotatable bonds is 2. The van der Waals surface area contributed by atoms with E-state index in [1.54, 1.807) is 11.3 Å². The lowest BCUT2D eigenvalue weighted by molar-refractivity contribution is 0.819. The normalized spacial score (nSPS) is 10.9. The minimum absolute atomic E-state index is 0.351. The Hall–Kier alpha value is -1.42. The molecule has 4 heteroatoms. The first-order chi connectivity index (χ1) is 7.16. The van der Waals surface area contributed by atoms with E-state index in [-0.39, 0.29) is 0 Å². The zero-order valence-electron chi connectivity index (χ0n) is 8.77. The summed E-state index contributed by atoms with van der Waals surface area (Å²) in [5.41, 5.74) is 7.60. The Balaban J connectivity index is 2.49. The van der Waals surface area contributed by atoms with Crippen molar-refractivity contribution in [1.82, 2.24) is 9.97 Å². The molecule has 0 aromatic carbocycles. The molecule has 0 saturated carbocycles. The molecule has 0 saturated heterocycles. The summed E-state index contributed by atoms with van der Waals surface area (Å²) in [6.07, 6.45) is 0. The number of nitrogens with two attached hydrogens (primary N) is 1. The molecule has 0 amide bonds. The monoisotopic (exact) mass is 219 g/mol. The van der Waals surface area contributed by atoms with Crippen LogP contribution < -0.4 is 5.73 Å². The van der Waals surface area contributed by atoms with Crippen molar-refractivity contribution in [1.29, 1.82) is 0 Å². The highest BCUT2D eigenvalue weighted by atomic mass is 32.1. The van der Waals surface area contributed by atoms with Gasteiger partial charge in [0.05, 0.1) is 10.6 Å². The molecule has 0 atom stereocenters. The van der Waals surface area contributed by atoms with Gasteiger partial charge in [0, 0.05) is 5.69 Å². The molecule has 0 radical (unpaired) electrons. The van der Waals surface area contributed by atoms with E-state index in [0.29, 0.717) is 11.9 Å². The SMILES string of the molecule is CC(C)c1cc(-c2cccs2)nc(N)n1. The van der Waals surface area contributed by atoms with Crippen LogP contribution in [0.3, 0.4) is 0 Å². The van der Waals surface area contributed by atoms with Crippen molar-refractivity contribution in [3.05, 3.63) is 29.3 Å². The number of hydrogen-bond acceptors (Lipinski definition) is 4. The third-order valence-electron chi connectivity index (χ3n) is 2.13. The molecule has 2 aromatic rings. The Morgan fingerprint density at radius 3 is 2.73 bits per heavy atom. The van der Waals surface area contributed by atoms with E-state index in [4.69, 9.17) is 5.73 Å². The highest BCUT2D eigenvalue weighted by Gasteiger charge is 2.07. The molecule has 0 bridgehead atoms. The summed E-state index contributed by atoms with van der Waals surface area (Å²) in [6.45, 7) is 4.19. The maximum absolute atomic E-state index is 5.69. The summed E-state index contributed by atoms with van der Waals surface area (Å²) < 4.78 is 0. The fraction of sp³-hybridized carbons (Fsp3) is 0.273. The van der Waals surface area contributed by atoms with Gasteiger partial charge in [0.1, 0.15) is 0 Å². The van der Waals surface area contributed by atoms with Gasteiger partial charge in [-0.05, 0) is 23.4 Å². The molecule has 0 spiro atoms. The molecule has 2 N–H and O–H groups in total. The number of aromatic nitrogens is 2. The van der Waals surface area contributed by atoms with Crippen molar-refractivity contribution in [3.8, 4) is 10.6 Å². The maximum atomic E-state index is 5.69. The second-order valence-electron chi connectivity index (χ2n) is 3.67. The number of nitrogens with zero attached hydrogens (tertiary/aromatic N) is 2. The van der Waals surface area contributed by atoms with Gasteiger partial charge in [0.15, 0.2) is 0 Å². The van der Waals surface area contributed by atoms with Crippen LogP contribution in [-0.4, -0.2) is 9.97 Å². The molecule has 15 heavy (non-hydrogen) atoms. The number of hydrogen-bond donors (Lipinski definition) is 1. The van der Waals surface area contributed by atoms with Gasteiger partial charge in [-0.15, -0.1) is 11.3 Å². The van der Waals surface area contributed by atoms with Gasteiger partial charge >= 0.3 is 0 Å². The van der Waals surface area contributed by atoms with Gasteiger partial charge in [-0.2, -0.15) is 0 Å². The van der Waals surface area contributed by atoms with Gasteiger partial charge in [-0.1, -0.05) is 19.9 Å². The first kappa shape index (κ1) is 10.1. The van der Waals surface area contributed by atoms with Crippen LogP contribution in [0.4, 0.5) is 5.95 Å². The molecule has 78 valence electrons. The topological polar surface area (TPSA) is 51.8 Å². The van der Waals surface area contributed by atoms with Crippen LogP contribution in [0.15, 0.2) is 23.6 Å². The van der Waals surface area contributed by atoms with E-state index in [1.165, 1.54) is 0 Å². The van der Waals surface area contributed by atoms with Gasteiger partial charge in [0.2, 0.25) is 5.95 Å². The predicted molar refractivity (Wildman–Crippen MR) is 63.8 cm³/mol. The van der Waals surface area contributed by atoms with E-state index >= 15 is 0 Å². The zero-order chi connectivity index (χ0) is 10.8. The maximum Gasteiger partial charge on any atom is 0.220 e. The Morgan fingerprint density at radius 2 is 2.13 bits per heavy atom. The van der Waals surface area contributed by atoms with E-state index in [0.717, 1.165) is 16.3 Å². The van der Waals surface area contributed by atoms with Crippen LogP contribution in [0.5, 0.6) is 0 Å². The van der Waals surface area contributed by atoms with E-state index in [1.807, 2.05) is 23.6 Å². The van der Waals surface area contributed by atoms with Crippen molar-refractivity contribution >= 4 is 17.3 Å². The fourth-order valence-corrected chi connectivity index (χ4v) is 2.02. The van der Waals surface area contributed by atoms with Crippen LogP contribution >= 0.6 is 11.3 Å². The lowest BCUT2D eigenvalue weighted by Gasteiger charge is -2.06. The first-order valence-electron chi connectivity index (χ1n) is 4.85. The van der Waals surface area contributed by atoms with E-state index in [9.17, 15) is 0 Å². The van der Waals surface area contributed by atoms with Gasteiger partial charge < -0.3 is 5.73 Å². The van der Waals surface area contributed by atoms with E-state index in [2.05, 4.69) is 23.8 Å². The van der Waals surface area contributed by atoms with E-state index < -0.39 is 0 Å². The molecule has 0 fully saturated rings. The van der Waals surface area contributed by atoms with Gasteiger partial charge in [0.25, 0.3) is 0 Å². The molecular weight excluding hydrogens is 206 g/mol. The highest BCUT2D eigenvalue weighted by molar-refractivity contribution is 7.13. The molecule has 0 unspecified atom stereocenters. The molecule has 2 heterocycles. The van der Waals surface area contributed by atoms with Crippen molar-refractivity contribution in [3.63, 3.8) is 0 Å². The Labute approximate surface area is 93.0 Å². The predicted octanol–water partition coefficient (Wildman–Crippen LogP) is 2.91. The second-order valence-corrected chi connectivity index (χ2v) is 4.62. The van der Waals surface area contributed by atoms with Crippen LogP contribution in [0.2, 0.25) is 0 Å². The Kier molecular flexibility index (Phi) is 2.68. The van der Waals surface area contributed by atoms with Crippen molar-refractivity contribution < 1.29 is 0 Å². The minimum atomic E-state index is 0.351. The Bertz CT molecular complexity index is 449. The Morgan fingerprint density at radius 1 is 1.33 bits per heavy atom. The highest BCUT2D eigenvalue weighted by Crippen LogP contribution is 2.25. The quantitative estimate of drug-likeness (QED) is 0.845. The van der Waals surface area contributed by atoms with Gasteiger partial charge in [-0.3, -0.25) is 0 Å². The largest absolute Gasteiger partial charge is 0.368 e. The third kappa shape index (κ3) is 2.15. The summed E-state index contributed by atoms with van der Waals surface area (Å²) in [7, 11) is 0. The van der Waals surface area contributed by atoms with Gasteiger partial charge in [-0.25, -0.2) is 9.97 Å².